The largest absolute Gasteiger partial charge is 0.294 e. The van der Waals surface area contributed by atoms with Gasteiger partial charge in [0.2, 0.25) is 0 Å². The minimum absolute atomic E-state index is 0.0677. The molecule has 0 aliphatic rings. The van der Waals surface area contributed by atoms with Gasteiger partial charge in [-0.3, -0.25) is 4.55 Å². The quantitative estimate of drug-likeness (QED) is 0.125. The standard InChI is InChI=1S/C29H52O3S/c1-2-3-4-5-6-7-8-9-10-11-12-13-14-15-16-17-18-19-20-21-22-25-28-26-23-24-27-29(28)33(30,31)32/h23-24,26-27H,2-22,25H2,1H3,(H,30,31,32). The molecule has 1 rings (SSSR count). The summed E-state index contributed by atoms with van der Waals surface area (Å²) in [7, 11) is -4.11. The summed E-state index contributed by atoms with van der Waals surface area (Å²) in [5.41, 5.74) is 0.734. The molecular formula is C29H52O3S. The molecule has 0 bridgehead atoms. The molecule has 0 unspecified atom stereocenters. The summed E-state index contributed by atoms with van der Waals surface area (Å²) in [6.45, 7) is 2.28. The van der Waals surface area contributed by atoms with Crippen LogP contribution < -0.4 is 0 Å². The first-order valence-corrected chi connectivity index (χ1v) is 15.5. The number of aryl methyl sites for hydroxylation is 1. The molecule has 0 spiro atoms. The van der Waals surface area contributed by atoms with Gasteiger partial charge in [-0.15, -0.1) is 0 Å². The van der Waals surface area contributed by atoms with Crippen LogP contribution in [0.15, 0.2) is 29.2 Å². The van der Waals surface area contributed by atoms with Gasteiger partial charge in [-0.25, -0.2) is 0 Å². The zero-order chi connectivity index (χ0) is 24.0. The maximum Gasteiger partial charge on any atom is 0.294 e. The smallest absolute Gasteiger partial charge is 0.282 e. The van der Waals surface area contributed by atoms with Crippen molar-refractivity contribution in [1.29, 1.82) is 0 Å². The van der Waals surface area contributed by atoms with Gasteiger partial charge in [0.05, 0.1) is 4.90 Å². The second-order valence-corrected chi connectivity index (χ2v) is 11.3. The van der Waals surface area contributed by atoms with E-state index in [0.29, 0.717) is 0 Å². The van der Waals surface area contributed by atoms with E-state index in [2.05, 4.69) is 6.92 Å². The highest BCUT2D eigenvalue weighted by Crippen LogP contribution is 2.19. The van der Waals surface area contributed by atoms with Gasteiger partial charge < -0.3 is 0 Å². The predicted molar refractivity (Wildman–Crippen MR) is 143 cm³/mol. The molecule has 0 heterocycles. The monoisotopic (exact) mass is 480 g/mol. The van der Waals surface area contributed by atoms with Gasteiger partial charge >= 0.3 is 0 Å². The first-order chi connectivity index (χ1) is 16.1. The number of benzene rings is 1. The van der Waals surface area contributed by atoms with Gasteiger partial charge in [0.1, 0.15) is 0 Å². The van der Waals surface area contributed by atoms with Crippen LogP contribution in [0, 0.1) is 0 Å². The van der Waals surface area contributed by atoms with Crippen LogP contribution in [0.4, 0.5) is 0 Å². The first kappa shape index (κ1) is 30.2. The minimum Gasteiger partial charge on any atom is -0.282 e. The van der Waals surface area contributed by atoms with Crippen molar-refractivity contribution < 1.29 is 13.0 Å². The van der Waals surface area contributed by atoms with Gasteiger partial charge in [0.25, 0.3) is 10.1 Å². The Morgan fingerprint density at radius 3 is 1.24 bits per heavy atom. The third-order valence-corrected chi connectivity index (χ3v) is 7.75. The van der Waals surface area contributed by atoms with E-state index in [4.69, 9.17) is 0 Å². The van der Waals surface area contributed by atoms with Gasteiger partial charge in [-0.2, -0.15) is 8.42 Å². The van der Waals surface area contributed by atoms with E-state index < -0.39 is 10.1 Å². The molecular weight excluding hydrogens is 428 g/mol. The second kappa shape index (κ2) is 20.5. The Labute approximate surface area is 205 Å². The Morgan fingerprint density at radius 1 is 0.545 bits per heavy atom. The van der Waals surface area contributed by atoms with Crippen molar-refractivity contribution in [1.82, 2.24) is 0 Å². The van der Waals surface area contributed by atoms with Gasteiger partial charge in [-0.05, 0) is 24.5 Å². The van der Waals surface area contributed by atoms with Crippen molar-refractivity contribution in [3.05, 3.63) is 29.8 Å². The fourth-order valence-corrected chi connectivity index (χ4v) is 5.46. The Balaban J connectivity index is 1.81. The molecule has 0 aromatic heterocycles. The highest BCUT2D eigenvalue weighted by molar-refractivity contribution is 7.85. The normalized spacial score (nSPS) is 11.8. The summed E-state index contributed by atoms with van der Waals surface area (Å²) in [6, 6.07) is 6.79. The van der Waals surface area contributed by atoms with Crippen LogP contribution >= 0.6 is 0 Å². The fraction of sp³-hybridized carbons (Fsp3) is 0.793. The van der Waals surface area contributed by atoms with Crippen LogP contribution in [0.2, 0.25) is 0 Å². The highest BCUT2D eigenvalue weighted by Gasteiger charge is 2.13. The predicted octanol–water partition coefficient (Wildman–Crippen LogP) is 9.69. The van der Waals surface area contributed by atoms with Crippen LogP contribution in [0.25, 0.3) is 0 Å². The van der Waals surface area contributed by atoms with Crippen molar-refractivity contribution in [2.24, 2.45) is 0 Å². The lowest BCUT2D eigenvalue weighted by molar-refractivity contribution is 0.481. The number of unbranched alkanes of at least 4 members (excludes halogenated alkanes) is 20. The number of hydrogen-bond acceptors (Lipinski definition) is 2. The van der Waals surface area contributed by atoms with E-state index in [0.717, 1.165) is 24.8 Å². The lowest BCUT2D eigenvalue weighted by Crippen LogP contribution is -2.03. The summed E-state index contributed by atoms with van der Waals surface area (Å²) in [6.07, 6.45) is 29.3. The topological polar surface area (TPSA) is 54.4 Å². The fourth-order valence-electron chi connectivity index (χ4n) is 4.71. The second-order valence-electron chi connectivity index (χ2n) is 9.90. The van der Waals surface area contributed by atoms with Crippen LogP contribution in [-0.2, 0) is 16.5 Å². The van der Waals surface area contributed by atoms with Crippen molar-refractivity contribution in [2.75, 3.05) is 0 Å². The molecule has 1 N–H and O–H groups in total. The van der Waals surface area contributed by atoms with Crippen LogP contribution in [0.3, 0.4) is 0 Å². The summed E-state index contributed by atoms with van der Waals surface area (Å²) in [4.78, 5) is 0.0677. The van der Waals surface area contributed by atoms with E-state index in [-0.39, 0.29) is 4.90 Å². The SMILES string of the molecule is CCCCCCCCCCCCCCCCCCCCCCCc1ccccc1S(=O)(=O)O. The van der Waals surface area contributed by atoms with Crippen molar-refractivity contribution in [2.45, 2.75) is 153 Å². The number of hydrogen-bond donors (Lipinski definition) is 1. The minimum atomic E-state index is -4.11. The lowest BCUT2D eigenvalue weighted by atomic mass is 10.0. The molecule has 0 atom stereocenters. The Bertz CT molecular complexity index is 669. The van der Waals surface area contributed by atoms with Crippen molar-refractivity contribution in [3.63, 3.8) is 0 Å². The summed E-state index contributed by atoms with van der Waals surface area (Å²) in [5, 5.41) is 0. The van der Waals surface area contributed by atoms with Crippen molar-refractivity contribution in [3.8, 4) is 0 Å². The van der Waals surface area contributed by atoms with Crippen molar-refractivity contribution >= 4 is 10.1 Å². The molecule has 3 nitrogen and oxygen atoms in total. The van der Waals surface area contributed by atoms with Crippen LogP contribution in [-0.4, -0.2) is 13.0 Å². The average Bonchev–Trinajstić information content (AvgIpc) is 2.79. The lowest BCUT2D eigenvalue weighted by Gasteiger charge is -2.07. The molecule has 0 aliphatic heterocycles. The Kier molecular flexibility index (Phi) is 18.7. The average molecular weight is 481 g/mol. The third-order valence-electron chi connectivity index (χ3n) is 6.80. The molecule has 0 radical (unpaired) electrons. The van der Waals surface area contributed by atoms with E-state index in [1.54, 1.807) is 12.1 Å². The van der Waals surface area contributed by atoms with Gasteiger partial charge in [0.15, 0.2) is 0 Å². The number of rotatable bonds is 23. The van der Waals surface area contributed by atoms with Crippen LogP contribution in [0.1, 0.15) is 147 Å². The molecule has 0 aliphatic carbocycles. The Morgan fingerprint density at radius 2 is 0.879 bits per heavy atom. The van der Waals surface area contributed by atoms with E-state index >= 15 is 0 Å². The zero-order valence-electron chi connectivity index (χ0n) is 21.5. The van der Waals surface area contributed by atoms with Gasteiger partial charge in [0, 0.05) is 0 Å². The molecule has 192 valence electrons. The summed E-state index contributed by atoms with van der Waals surface area (Å²) >= 11 is 0. The molecule has 0 fully saturated rings. The molecule has 0 saturated heterocycles. The van der Waals surface area contributed by atoms with Gasteiger partial charge in [-0.1, -0.05) is 154 Å². The first-order valence-electron chi connectivity index (χ1n) is 14.1. The summed E-state index contributed by atoms with van der Waals surface area (Å²) < 4.78 is 32.2. The molecule has 33 heavy (non-hydrogen) atoms. The third kappa shape index (κ3) is 17.3. The van der Waals surface area contributed by atoms with Crippen LogP contribution in [0.5, 0.6) is 0 Å². The molecule has 0 amide bonds. The molecule has 1 aromatic rings. The maximum absolute atomic E-state index is 11.4. The zero-order valence-corrected chi connectivity index (χ0v) is 22.4. The van der Waals surface area contributed by atoms with E-state index in [1.165, 1.54) is 128 Å². The highest BCUT2D eigenvalue weighted by atomic mass is 32.2. The molecule has 4 heteroatoms. The summed E-state index contributed by atoms with van der Waals surface area (Å²) in [5.74, 6) is 0. The molecule has 1 aromatic carbocycles. The maximum atomic E-state index is 11.4. The molecule has 0 saturated carbocycles. The van der Waals surface area contributed by atoms with E-state index in [9.17, 15) is 13.0 Å². The Hall–Kier alpha value is -0.870. The van der Waals surface area contributed by atoms with E-state index in [1.807, 2.05) is 6.07 Å².